The molecule has 4 nitrogen and oxygen atoms in total. The van der Waals surface area contributed by atoms with E-state index in [0.29, 0.717) is 6.04 Å². The molecule has 4 heteroatoms. The van der Waals surface area contributed by atoms with Crippen molar-refractivity contribution in [3.63, 3.8) is 0 Å². The highest BCUT2D eigenvalue weighted by molar-refractivity contribution is 5.78. The van der Waals surface area contributed by atoms with Gasteiger partial charge in [-0.05, 0) is 24.6 Å². The van der Waals surface area contributed by atoms with E-state index < -0.39 is 0 Å². The van der Waals surface area contributed by atoms with Crippen LogP contribution < -0.4 is 10.5 Å². The van der Waals surface area contributed by atoms with E-state index >= 15 is 0 Å². The van der Waals surface area contributed by atoms with Gasteiger partial charge < -0.3 is 10.5 Å². The standard InChI is InChI=1S/C22H26N2O2/c1-15-7-9-18(10-8-15)26-19-11-17(12-19)24-13-20(21(14-24)22(23)25)16-5-3-2-4-6-16/h2-10,17,19-21H,11-14H2,1H3,(H2,23,25). The lowest BCUT2D eigenvalue weighted by molar-refractivity contribution is -0.121. The van der Waals surface area contributed by atoms with Gasteiger partial charge in [0.2, 0.25) is 5.91 Å². The van der Waals surface area contributed by atoms with Crippen LogP contribution >= 0.6 is 0 Å². The summed E-state index contributed by atoms with van der Waals surface area (Å²) in [6.45, 7) is 3.74. The fourth-order valence-corrected chi connectivity index (χ4v) is 4.20. The summed E-state index contributed by atoms with van der Waals surface area (Å²) < 4.78 is 6.06. The van der Waals surface area contributed by atoms with Crippen LogP contribution in [-0.4, -0.2) is 36.0 Å². The fraction of sp³-hybridized carbons (Fsp3) is 0.409. The normalized spacial score (nSPS) is 28.5. The Hall–Kier alpha value is -2.33. The lowest BCUT2D eigenvalue weighted by atomic mass is 9.87. The molecule has 1 saturated heterocycles. The fourth-order valence-electron chi connectivity index (χ4n) is 4.20. The minimum atomic E-state index is -0.187. The van der Waals surface area contributed by atoms with Crippen molar-refractivity contribution in [2.24, 2.45) is 11.7 Å². The topological polar surface area (TPSA) is 55.6 Å². The largest absolute Gasteiger partial charge is 0.490 e. The number of primary amides is 1. The number of carbonyl (C=O) groups is 1. The van der Waals surface area contributed by atoms with Crippen LogP contribution in [0.5, 0.6) is 5.75 Å². The van der Waals surface area contributed by atoms with Gasteiger partial charge in [0.1, 0.15) is 11.9 Å². The second-order valence-electron chi connectivity index (χ2n) is 7.66. The minimum absolute atomic E-state index is 0.102. The molecule has 4 rings (SSSR count). The predicted octanol–water partition coefficient (Wildman–Crippen LogP) is 3.11. The smallest absolute Gasteiger partial charge is 0.222 e. The highest BCUT2D eigenvalue weighted by atomic mass is 16.5. The quantitative estimate of drug-likeness (QED) is 0.901. The molecule has 2 atom stereocenters. The molecule has 1 saturated carbocycles. The number of nitrogens with zero attached hydrogens (tertiary/aromatic N) is 1. The number of aryl methyl sites for hydroxylation is 1. The second-order valence-corrected chi connectivity index (χ2v) is 7.66. The molecular weight excluding hydrogens is 324 g/mol. The van der Waals surface area contributed by atoms with Crippen LogP contribution in [0.3, 0.4) is 0 Å². The Morgan fingerprint density at radius 3 is 2.38 bits per heavy atom. The van der Waals surface area contributed by atoms with Crippen LogP contribution in [0.15, 0.2) is 54.6 Å². The summed E-state index contributed by atoms with van der Waals surface area (Å²) in [5, 5.41) is 0. The molecule has 136 valence electrons. The molecule has 2 aliphatic rings. The predicted molar refractivity (Wildman–Crippen MR) is 102 cm³/mol. The number of likely N-dealkylation sites (tertiary alicyclic amines) is 1. The van der Waals surface area contributed by atoms with Crippen molar-refractivity contribution in [1.82, 2.24) is 4.90 Å². The third kappa shape index (κ3) is 3.47. The molecule has 1 heterocycles. The molecule has 1 amide bonds. The van der Waals surface area contributed by atoms with Gasteiger partial charge in [0.15, 0.2) is 0 Å². The van der Waals surface area contributed by atoms with Crippen molar-refractivity contribution in [2.75, 3.05) is 13.1 Å². The third-order valence-corrected chi connectivity index (χ3v) is 5.85. The van der Waals surface area contributed by atoms with Gasteiger partial charge in [0.25, 0.3) is 0 Å². The number of hydrogen-bond donors (Lipinski definition) is 1. The van der Waals surface area contributed by atoms with E-state index in [-0.39, 0.29) is 23.8 Å². The molecule has 0 aromatic heterocycles. The van der Waals surface area contributed by atoms with E-state index in [1.807, 2.05) is 30.3 Å². The molecule has 2 aromatic carbocycles. The number of carbonyl (C=O) groups excluding carboxylic acids is 1. The average molecular weight is 350 g/mol. The van der Waals surface area contributed by atoms with Crippen LogP contribution in [-0.2, 0) is 4.79 Å². The van der Waals surface area contributed by atoms with Crippen molar-refractivity contribution in [3.05, 3.63) is 65.7 Å². The number of benzene rings is 2. The lowest BCUT2D eigenvalue weighted by Gasteiger charge is -2.41. The Kier molecular flexibility index (Phi) is 4.68. The first-order chi connectivity index (χ1) is 12.6. The first-order valence-electron chi connectivity index (χ1n) is 9.42. The number of ether oxygens (including phenoxy) is 1. The molecule has 2 fully saturated rings. The van der Waals surface area contributed by atoms with Gasteiger partial charge >= 0.3 is 0 Å². The average Bonchev–Trinajstić information content (AvgIpc) is 3.05. The van der Waals surface area contributed by atoms with Crippen molar-refractivity contribution in [1.29, 1.82) is 0 Å². The van der Waals surface area contributed by atoms with Crippen molar-refractivity contribution in [3.8, 4) is 5.75 Å². The molecule has 2 aromatic rings. The Labute approximate surface area is 155 Å². The van der Waals surface area contributed by atoms with Gasteiger partial charge in [-0.3, -0.25) is 9.69 Å². The molecule has 0 bridgehead atoms. The SMILES string of the molecule is Cc1ccc(OC2CC(N3CC(C(N)=O)C(c4ccccc4)C3)C2)cc1. The Balaban J connectivity index is 1.36. The van der Waals surface area contributed by atoms with Crippen LogP contribution in [0, 0.1) is 12.8 Å². The second kappa shape index (κ2) is 7.12. The van der Waals surface area contributed by atoms with Gasteiger partial charge in [0, 0.05) is 37.9 Å². The molecular formula is C22H26N2O2. The number of amides is 1. The molecule has 0 spiro atoms. The van der Waals surface area contributed by atoms with Crippen LogP contribution in [0.1, 0.15) is 29.9 Å². The first-order valence-corrected chi connectivity index (χ1v) is 9.42. The highest BCUT2D eigenvalue weighted by Crippen LogP contribution is 2.38. The van der Waals surface area contributed by atoms with Crippen molar-refractivity contribution < 1.29 is 9.53 Å². The van der Waals surface area contributed by atoms with Crippen LogP contribution in [0.25, 0.3) is 0 Å². The molecule has 2 N–H and O–H groups in total. The maximum absolute atomic E-state index is 12.0. The number of nitrogens with two attached hydrogens (primary N) is 1. The lowest BCUT2D eigenvalue weighted by Crippen LogP contribution is -2.48. The molecule has 0 radical (unpaired) electrons. The number of hydrogen-bond acceptors (Lipinski definition) is 3. The molecule has 26 heavy (non-hydrogen) atoms. The molecule has 1 aliphatic carbocycles. The summed E-state index contributed by atoms with van der Waals surface area (Å²) >= 11 is 0. The van der Waals surface area contributed by atoms with Gasteiger partial charge in [0.05, 0.1) is 5.92 Å². The van der Waals surface area contributed by atoms with Crippen LogP contribution in [0.4, 0.5) is 0 Å². The zero-order valence-electron chi connectivity index (χ0n) is 15.2. The Bertz CT molecular complexity index is 753. The van der Waals surface area contributed by atoms with E-state index in [1.165, 1.54) is 11.1 Å². The Morgan fingerprint density at radius 2 is 1.73 bits per heavy atom. The molecule has 2 unspecified atom stereocenters. The highest BCUT2D eigenvalue weighted by Gasteiger charge is 2.44. The van der Waals surface area contributed by atoms with Crippen molar-refractivity contribution in [2.45, 2.75) is 37.8 Å². The summed E-state index contributed by atoms with van der Waals surface area (Å²) in [5.74, 6) is 0.853. The zero-order valence-corrected chi connectivity index (χ0v) is 15.2. The van der Waals surface area contributed by atoms with Gasteiger partial charge in [-0.2, -0.15) is 0 Å². The monoisotopic (exact) mass is 350 g/mol. The Morgan fingerprint density at radius 1 is 1.04 bits per heavy atom. The first kappa shape index (κ1) is 17.1. The van der Waals surface area contributed by atoms with Gasteiger partial charge in [-0.15, -0.1) is 0 Å². The van der Waals surface area contributed by atoms with Crippen molar-refractivity contribution >= 4 is 5.91 Å². The van der Waals surface area contributed by atoms with E-state index in [1.54, 1.807) is 0 Å². The summed E-state index contributed by atoms with van der Waals surface area (Å²) in [6, 6.07) is 19.0. The van der Waals surface area contributed by atoms with E-state index in [9.17, 15) is 4.79 Å². The van der Waals surface area contributed by atoms with E-state index in [4.69, 9.17) is 10.5 Å². The van der Waals surface area contributed by atoms with E-state index in [2.05, 4.69) is 36.1 Å². The summed E-state index contributed by atoms with van der Waals surface area (Å²) in [6.07, 6.45) is 2.30. The van der Waals surface area contributed by atoms with Gasteiger partial charge in [-0.25, -0.2) is 0 Å². The van der Waals surface area contributed by atoms with Gasteiger partial charge in [-0.1, -0.05) is 48.0 Å². The van der Waals surface area contributed by atoms with Crippen LogP contribution in [0.2, 0.25) is 0 Å². The minimum Gasteiger partial charge on any atom is -0.490 e. The van der Waals surface area contributed by atoms with E-state index in [0.717, 1.165) is 31.7 Å². The number of rotatable bonds is 5. The summed E-state index contributed by atoms with van der Waals surface area (Å²) in [7, 11) is 0. The maximum Gasteiger partial charge on any atom is 0.222 e. The summed E-state index contributed by atoms with van der Waals surface area (Å²) in [5.41, 5.74) is 8.15. The zero-order chi connectivity index (χ0) is 18.1. The third-order valence-electron chi connectivity index (χ3n) is 5.85. The maximum atomic E-state index is 12.0. The molecule has 1 aliphatic heterocycles. The summed E-state index contributed by atoms with van der Waals surface area (Å²) in [4.78, 5) is 14.4.